The zero-order valence-corrected chi connectivity index (χ0v) is 10.2. The van der Waals surface area contributed by atoms with Gasteiger partial charge in [0, 0.05) is 23.3 Å². The summed E-state index contributed by atoms with van der Waals surface area (Å²) in [5.74, 6) is 1.77. The van der Waals surface area contributed by atoms with Crippen LogP contribution in [0.25, 0.3) is 0 Å². The quantitative estimate of drug-likeness (QED) is 0.886. The van der Waals surface area contributed by atoms with Crippen molar-refractivity contribution >= 4 is 11.6 Å². The van der Waals surface area contributed by atoms with E-state index in [1.54, 1.807) is 6.07 Å². The predicted octanol–water partition coefficient (Wildman–Crippen LogP) is 2.73. The number of ether oxygens (including phenoxy) is 2. The molecule has 16 heavy (non-hydrogen) atoms. The van der Waals surface area contributed by atoms with E-state index in [4.69, 9.17) is 26.2 Å². The van der Waals surface area contributed by atoms with E-state index in [0.717, 1.165) is 16.9 Å². The Morgan fingerprint density at radius 1 is 1.44 bits per heavy atom. The van der Waals surface area contributed by atoms with Gasteiger partial charge < -0.3 is 14.6 Å². The average molecular weight is 243 g/mol. The van der Waals surface area contributed by atoms with Gasteiger partial charge in [-0.05, 0) is 17.9 Å². The normalized spacial score (nSPS) is 13.6. The lowest BCUT2D eigenvalue weighted by molar-refractivity contribution is 0.173. The SMILES string of the molecule is CC(C)c1c(CCO)c(Cl)cc2c1OCO2. The fourth-order valence-electron chi connectivity index (χ4n) is 2.05. The number of hydrogen-bond acceptors (Lipinski definition) is 3. The molecule has 0 amide bonds. The molecule has 4 heteroatoms. The standard InChI is InChI=1S/C12H15ClO3/c1-7(2)11-8(3-4-14)9(13)5-10-12(11)16-6-15-10/h5,7,14H,3-4,6H2,1-2H3. The summed E-state index contributed by atoms with van der Waals surface area (Å²) in [6.45, 7) is 4.48. The van der Waals surface area contributed by atoms with Gasteiger partial charge in [0.15, 0.2) is 11.5 Å². The van der Waals surface area contributed by atoms with Crippen LogP contribution in [-0.4, -0.2) is 18.5 Å². The van der Waals surface area contributed by atoms with E-state index >= 15 is 0 Å². The molecule has 0 saturated heterocycles. The van der Waals surface area contributed by atoms with Crippen LogP contribution in [0.15, 0.2) is 6.07 Å². The number of halogens is 1. The van der Waals surface area contributed by atoms with Crippen molar-refractivity contribution < 1.29 is 14.6 Å². The van der Waals surface area contributed by atoms with Crippen molar-refractivity contribution in [2.75, 3.05) is 13.4 Å². The molecule has 0 aromatic heterocycles. The first-order valence-corrected chi connectivity index (χ1v) is 5.74. The minimum Gasteiger partial charge on any atom is -0.454 e. The average Bonchev–Trinajstić information content (AvgIpc) is 2.65. The van der Waals surface area contributed by atoms with Crippen molar-refractivity contribution in [3.05, 3.63) is 22.2 Å². The smallest absolute Gasteiger partial charge is 0.231 e. The largest absolute Gasteiger partial charge is 0.454 e. The van der Waals surface area contributed by atoms with Gasteiger partial charge in [0.25, 0.3) is 0 Å². The van der Waals surface area contributed by atoms with Crippen molar-refractivity contribution in [3.8, 4) is 11.5 Å². The molecule has 0 bridgehead atoms. The summed E-state index contributed by atoms with van der Waals surface area (Å²) in [6, 6.07) is 1.76. The highest BCUT2D eigenvalue weighted by Crippen LogP contribution is 2.44. The number of aliphatic hydroxyl groups is 1. The number of hydrogen-bond donors (Lipinski definition) is 1. The molecule has 0 atom stereocenters. The Morgan fingerprint density at radius 2 is 2.19 bits per heavy atom. The predicted molar refractivity (Wildman–Crippen MR) is 62.5 cm³/mol. The zero-order valence-electron chi connectivity index (χ0n) is 9.42. The summed E-state index contributed by atoms with van der Waals surface area (Å²) < 4.78 is 10.8. The van der Waals surface area contributed by atoms with E-state index in [1.807, 2.05) is 0 Å². The fourth-order valence-corrected chi connectivity index (χ4v) is 2.35. The Kier molecular flexibility index (Phi) is 3.26. The van der Waals surface area contributed by atoms with Gasteiger partial charge in [0.2, 0.25) is 6.79 Å². The van der Waals surface area contributed by atoms with Gasteiger partial charge in [-0.3, -0.25) is 0 Å². The van der Waals surface area contributed by atoms with E-state index in [0.29, 0.717) is 17.2 Å². The van der Waals surface area contributed by atoms with Gasteiger partial charge >= 0.3 is 0 Å². The molecular weight excluding hydrogens is 228 g/mol. The molecule has 1 N–H and O–H groups in total. The van der Waals surface area contributed by atoms with E-state index in [-0.39, 0.29) is 19.3 Å². The molecule has 1 aromatic carbocycles. The Hall–Kier alpha value is -0.930. The third-order valence-corrected chi connectivity index (χ3v) is 3.03. The third kappa shape index (κ3) is 1.85. The summed E-state index contributed by atoms with van der Waals surface area (Å²) in [5, 5.41) is 9.71. The summed E-state index contributed by atoms with van der Waals surface area (Å²) in [7, 11) is 0. The van der Waals surface area contributed by atoms with Gasteiger partial charge in [0.05, 0.1) is 0 Å². The van der Waals surface area contributed by atoms with E-state index in [1.165, 1.54) is 0 Å². The molecule has 0 aliphatic carbocycles. The lowest BCUT2D eigenvalue weighted by Gasteiger charge is -2.16. The highest BCUT2D eigenvalue weighted by molar-refractivity contribution is 6.31. The maximum absolute atomic E-state index is 9.07. The maximum atomic E-state index is 9.07. The first-order chi connectivity index (χ1) is 7.65. The molecule has 3 nitrogen and oxygen atoms in total. The van der Waals surface area contributed by atoms with Crippen molar-refractivity contribution in [1.82, 2.24) is 0 Å². The Bertz CT molecular complexity index is 402. The monoisotopic (exact) mass is 242 g/mol. The van der Waals surface area contributed by atoms with Crippen LogP contribution in [0.3, 0.4) is 0 Å². The second-order valence-electron chi connectivity index (χ2n) is 4.11. The van der Waals surface area contributed by atoms with Crippen LogP contribution in [0.1, 0.15) is 30.9 Å². The first kappa shape index (κ1) is 11.6. The minimum atomic E-state index is 0.0824. The maximum Gasteiger partial charge on any atom is 0.231 e. The van der Waals surface area contributed by atoms with E-state index < -0.39 is 0 Å². The van der Waals surface area contributed by atoms with Crippen LogP contribution in [-0.2, 0) is 6.42 Å². The van der Waals surface area contributed by atoms with E-state index in [2.05, 4.69) is 13.8 Å². The topological polar surface area (TPSA) is 38.7 Å². The molecule has 0 saturated carbocycles. The molecule has 1 heterocycles. The molecule has 1 aliphatic rings. The molecule has 2 rings (SSSR count). The lowest BCUT2D eigenvalue weighted by Crippen LogP contribution is -2.02. The van der Waals surface area contributed by atoms with Crippen LogP contribution in [0.5, 0.6) is 11.5 Å². The molecule has 0 spiro atoms. The molecule has 88 valence electrons. The number of benzene rings is 1. The number of aliphatic hydroxyl groups excluding tert-OH is 1. The number of rotatable bonds is 3. The van der Waals surface area contributed by atoms with Crippen LogP contribution in [0, 0.1) is 0 Å². The van der Waals surface area contributed by atoms with Crippen LogP contribution in [0.2, 0.25) is 5.02 Å². The van der Waals surface area contributed by atoms with Gasteiger partial charge in [-0.1, -0.05) is 25.4 Å². The van der Waals surface area contributed by atoms with Crippen molar-refractivity contribution in [2.24, 2.45) is 0 Å². The van der Waals surface area contributed by atoms with E-state index in [9.17, 15) is 0 Å². The zero-order chi connectivity index (χ0) is 11.7. The lowest BCUT2D eigenvalue weighted by atomic mass is 9.94. The second kappa shape index (κ2) is 4.52. The van der Waals surface area contributed by atoms with Gasteiger partial charge in [-0.2, -0.15) is 0 Å². The van der Waals surface area contributed by atoms with Crippen LogP contribution in [0.4, 0.5) is 0 Å². The second-order valence-corrected chi connectivity index (χ2v) is 4.52. The van der Waals surface area contributed by atoms with Gasteiger partial charge in [-0.25, -0.2) is 0 Å². The fraction of sp³-hybridized carbons (Fsp3) is 0.500. The summed E-state index contributed by atoms with van der Waals surface area (Å²) in [5.41, 5.74) is 2.01. The van der Waals surface area contributed by atoms with Gasteiger partial charge in [-0.15, -0.1) is 0 Å². The van der Waals surface area contributed by atoms with Crippen molar-refractivity contribution in [1.29, 1.82) is 0 Å². The summed E-state index contributed by atoms with van der Waals surface area (Å²) in [4.78, 5) is 0. The molecular formula is C12H15ClO3. The Balaban J connectivity index is 2.59. The Morgan fingerprint density at radius 3 is 2.81 bits per heavy atom. The van der Waals surface area contributed by atoms with Crippen molar-refractivity contribution in [3.63, 3.8) is 0 Å². The van der Waals surface area contributed by atoms with Gasteiger partial charge in [0.1, 0.15) is 0 Å². The Labute approximate surface area is 99.9 Å². The molecule has 0 fully saturated rings. The molecule has 0 radical (unpaired) electrons. The highest BCUT2D eigenvalue weighted by atomic mass is 35.5. The van der Waals surface area contributed by atoms with Crippen LogP contribution >= 0.6 is 11.6 Å². The molecule has 0 unspecified atom stereocenters. The third-order valence-electron chi connectivity index (χ3n) is 2.70. The molecule has 1 aromatic rings. The summed E-state index contributed by atoms with van der Waals surface area (Å²) >= 11 is 6.19. The highest BCUT2D eigenvalue weighted by Gasteiger charge is 2.24. The number of fused-ring (bicyclic) bond motifs is 1. The minimum absolute atomic E-state index is 0.0824. The first-order valence-electron chi connectivity index (χ1n) is 5.37. The van der Waals surface area contributed by atoms with Crippen molar-refractivity contribution in [2.45, 2.75) is 26.2 Å². The summed E-state index contributed by atoms with van der Waals surface area (Å²) in [6.07, 6.45) is 0.545. The molecule has 1 aliphatic heterocycles. The van der Waals surface area contributed by atoms with Crippen LogP contribution < -0.4 is 9.47 Å².